The maximum absolute atomic E-state index is 11.4. The highest BCUT2D eigenvalue weighted by Gasteiger charge is 2.21. The van der Waals surface area contributed by atoms with E-state index >= 15 is 0 Å². The lowest BCUT2D eigenvalue weighted by molar-refractivity contribution is 0.0965. The number of ether oxygens (including phenoxy) is 1. The topological polar surface area (TPSA) is 50.4 Å². The Morgan fingerprint density at radius 1 is 1.62 bits per heavy atom. The van der Waals surface area contributed by atoms with Gasteiger partial charge in [-0.2, -0.15) is 0 Å². The predicted octanol–water partition coefficient (Wildman–Crippen LogP) is 0.984. The molecule has 1 aliphatic heterocycles. The SMILES string of the molecule is C#CCNc1cc2c(cc1OC)C(=O)NC2. The van der Waals surface area contributed by atoms with Crippen LogP contribution in [-0.2, 0) is 6.54 Å². The summed E-state index contributed by atoms with van der Waals surface area (Å²) in [5.41, 5.74) is 2.45. The van der Waals surface area contributed by atoms with Gasteiger partial charge < -0.3 is 15.4 Å². The summed E-state index contributed by atoms with van der Waals surface area (Å²) in [7, 11) is 1.57. The number of benzene rings is 1. The largest absolute Gasteiger partial charge is 0.495 e. The summed E-state index contributed by atoms with van der Waals surface area (Å²) < 4.78 is 5.20. The second-order valence-corrected chi connectivity index (χ2v) is 3.45. The van der Waals surface area contributed by atoms with Crippen molar-refractivity contribution < 1.29 is 9.53 Å². The fraction of sp³-hybridized carbons (Fsp3) is 0.250. The Balaban J connectivity index is 2.39. The van der Waals surface area contributed by atoms with E-state index in [2.05, 4.69) is 16.6 Å². The highest BCUT2D eigenvalue weighted by atomic mass is 16.5. The molecule has 0 saturated carbocycles. The third-order valence-electron chi connectivity index (χ3n) is 2.49. The van der Waals surface area contributed by atoms with E-state index in [1.54, 1.807) is 13.2 Å². The number of terminal acetylenes is 1. The van der Waals surface area contributed by atoms with E-state index in [0.29, 0.717) is 24.4 Å². The normalized spacial score (nSPS) is 12.6. The zero-order valence-electron chi connectivity index (χ0n) is 8.96. The van der Waals surface area contributed by atoms with E-state index in [1.807, 2.05) is 6.07 Å². The second-order valence-electron chi connectivity index (χ2n) is 3.45. The van der Waals surface area contributed by atoms with Crippen LogP contribution in [0.5, 0.6) is 5.75 Å². The summed E-state index contributed by atoms with van der Waals surface area (Å²) in [6.07, 6.45) is 5.18. The van der Waals surface area contributed by atoms with Crippen LogP contribution >= 0.6 is 0 Å². The molecule has 1 aliphatic rings. The molecule has 0 atom stereocenters. The Bertz CT molecular complexity index is 475. The van der Waals surface area contributed by atoms with E-state index in [-0.39, 0.29) is 5.91 Å². The minimum Gasteiger partial charge on any atom is -0.495 e. The van der Waals surface area contributed by atoms with Crippen LogP contribution < -0.4 is 15.4 Å². The molecule has 0 unspecified atom stereocenters. The van der Waals surface area contributed by atoms with Crippen LogP contribution in [0.1, 0.15) is 15.9 Å². The quantitative estimate of drug-likeness (QED) is 0.741. The minimum atomic E-state index is -0.0585. The molecule has 0 radical (unpaired) electrons. The Labute approximate surface area is 94.0 Å². The summed E-state index contributed by atoms with van der Waals surface area (Å²) in [6.45, 7) is 0.986. The van der Waals surface area contributed by atoms with E-state index in [4.69, 9.17) is 11.2 Å². The molecule has 4 nitrogen and oxygen atoms in total. The van der Waals surface area contributed by atoms with Gasteiger partial charge in [-0.3, -0.25) is 4.79 Å². The Hall–Kier alpha value is -2.15. The van der Waals surface area contributed by atoms with Gasteiger partial charge in [0.15, 0.2) is 0 Å². The molecule has 0 aromatic heterocycles. The number of rotatable bonds is 3. The summed E-state index contributed by atoms with van der Waals surface area (Å²) >= 11 is 0. The van der Waals surface area contributed by atoms with Crippen molar-refractivity contribution in [1.82, 2.24) is 5.32 Å². The maximum Gasteiger partial charge on any atom is 0.252 e. The lowest BCUT2D eigenvalue weighted by Crippen LogP contribution is -2.12. The molecule has 0 spiro atoms. The van der Waals surface area contributed by atoms with Crippen LogP contribution in [0.25, 0.3) is 0 Å². The van der Waals surface area contributed by atoms with E-state index in [0.717, 1.165) is 11.3 Å². The number of methoxy groups -OCH3 is 1. The van der Waals surface area contributed by atoms with E-state index in [1.165, 1.54) is 0 Å². The molecule has 1 aromatic rings. The van der Waals surface area contributed by atoms with Gasteiger partial charge in [-0.25, -0.2) is 0 Å². The summed E-state index contributed by atoms with van der Waals surface area (Å²) in [5.74, 6) is 3.07. The van der Waals surface area contributed by atoms with Crippen molar-refractivity contribution in [3.63, 3.8) is 0 Å². The first-order valence-corrected chi connectivity index (χ1v) is 4.92. The fourth-order valence-corrected chi connectivity index (χ4v) is 1.71. The second kappa shape index (κ2) is 4.15. The number of carbonyl (C=O) groups excluding carboxylic acids is 1. The first kappa shape index (κ1) is 10.4. The predicted molar refractivity (Wildman–Crippen MR) is 61.5 cm³/mol. The summed E-state index contributed by atoms with van der Waals surface area (Å²) in [5, 5.41) is 5.82. The first-order chi connectivity index (χ1) is 7.76. The molecular weight excluding hydrogens is 204 g/mol. The molecule has 2 rings (SSSR count). The molecule has 0 fully saturated rings. The van der Waals surface area contributed by atoms with Gasteiger partial charge >= 0.3 is 0 Å². The smallest absolute Gasteiger partial charge is 0.252 e. The zero-order chi connectivity index (χ0) is 11.5. The van der Waals surface area contributed by atoms with Gasteiger partial charge in [0.1, 0.15) is 5.75 Å². The van der Waals surface area contributed by atoms with Crippen LogP contribution in [0.15, 0.2) is 12.1 Å². The molecule has 1 amide bonds. The number of amides is 1. The van der Waals surface area contributed by atoms with Gasteiger partial charge in [-0.15, -0.1) is 6.42 Å². The van der Waals surface area contributed by atoms with Crippen molar-refractivity contribution in [3.8, 4) is 18.1 Å². The minimum absolute atomic E-state index is 0.0585. The van der Waals surface area contributed by atoms with Gasteiger partial charge in [-0.05, 0) is 17.7 Å². The number of anilines is 1. The van der Waals surface area contributed by atoms with Crippen molar-refractivity contribution in [2.24, 2.45) is 0 Å². The lowest BCUT2D eigenvalue weighted by Gasteiger charge is -2.10. The average Bonchev–Trinajstić information content (AvgIpc) is 2.66. The van der Waals surface area contributed by atoms with Crippen molar-refractivity contribution in [3.05, 3.63) is 23.3 Å². The van der Waals surface area contributed by atoms with E-state index < -0.39 is 0 Å². The molecule has 16 heavy (non-hydrogen) atoms. The number of fused-ring (bicyclic) bond motifs is 1. The monoisotopic (exact) mass is 216 g/mol. The first-order valence-electron chi connectivity index (χ1n) is 4.92. The van der Waals surface area contributed by atoms with Crippen molar-refractivity contribution in [2.75, 3.05) is 19.0 Å². The Morgan fingerprint density at radius 2 is 2.44 bits per heavy atom. The standard InChI is InChI=1S/C12H12N2O2/c1-3-4-13-10-5-8-7-14-12(15)9(8)6-11(10)16-2/h1,5-6,13H,4,7H2,2H3,(H,14,15). The molecule has 0 aliphatic carbocycles. The summed E-state index contributed by atoms with van der Waals surface area (Å²) in [6, 6.07) is 3.62. The average molecular weight is 216 g/mol. The van der Waals surface area contributed by atoms with Gasteiger partial charge in [-0.1, -0.05) is 5.92 Å². The van der Waals surface area contributed by atoms with Crippen LogP contribution in [0.4, 0.5) is 5.69 Å². The van der Waals surface area contributed by atoms with Gasteiger partial charge in [0.25, 0.3) is 5.91 Å². The maximum atomic E-state index is 11.4. The lowest BCUT2D eigenvalue weighted by atomic mass is 10.1. The molecule has 4 heteroatoms. The molecule has 82 valence electrons. The molecule has 0 saturated heterocycles. The number of nitrogens with one attached hydrogen (secondary N) is 2. The van der Waals surface area contributed by atoms with Crippen molar-refractivity contribution in [1.29, 1.82) is 0 Å². The highest BCUT2D eigenvalue weighted by Crippen LogP contribution is 2.30. The Morgan fingerprint density at radius 3 is 3.12 bits per heavy atom. The van der Waals surface area contributed by atoms with Crippen LogP contribution in [0.2, 0.25) is 0 Å². The van der Waals surface area contributed by atoms with Crippen molar-refractivity contribution in [2.45, 2.75) is 6.54 Å². The Kier molecular flexibility index (Phi) is 2.69. The highest BCUT2D eigenvalue weighted by molar-refractivity contribution is 5.99. The molecule has 1 heterocycles. The fourth-order valence-electron chi connectivity index (χ4n) is 1.71. The van der Waals surface area contributed by atoms with Gasteiger partial charge in [0.05, 0.1) is 19.3 Å². The van der Waals surface area contributed by atoms with Crippen LogP contribution in [0.3, 0.4) is 0 Å². The number of hydrogen-bond acceptors (Lipinski definition) is 3. The van der Waals surface area contributed by atoms with Crippen LogP contribution in [-0.4, -0.2) is 19.6 Å². The number of carbonyl (C=O) groups is 1. The number of hydrogen-bond donors (Lipinski definition) is 2. The van der Waals surface area contributed by atoms with Crippen molar-refractivity contribution >= 4 is 11.6 Å². The molecular formula is C12H12N2O2. The third-order valence-corrected chi connectivity index (χ3v) is 2.49. The molecule has 1 aromatic carbocycles. The van der Waals surface area contributed by atoms with Gasteiger partial charge in [0.2, 0.25) is 0 Å². The summed E-state index contributed by atoms with van der Waals surface area (Å²) in [4.78, 5) is 11.4. The zero-order valence-corrected chi connectivity index (χ0v) is 8.96. The third kappa shape index (κ3) is 1.68. The molecule has 2 N–H and O–H groups in total. The van der Waals surface area contributed by atoms with Gasteiger partial charge in [0, 0.05) is 12.1 Å². The van der Waals surface area contributed by atoms with Crippen LogP contribution in [0, 0.1) is 12.3 Å². The molecule has 0 bridgehead atoms. The van der Waals surface area contributed by atoms with E-state index in [9.17, 15) is 4.79 Å².